The Morgan fingerprint density at radius 1 is 1.22 bits per heavy atom. The number of halogens is 1. The average Bonchev–Trinajstić information content (AvgIpc) is 2.53. The van der Waals surface area contributed by atoms with Crippen LogP contribution in [0.1, 0.15) is 16.8 Å². The molecule has 0 saturated carbocycles. The van der Waals surface area contributed by atoms with Crippen molar-refractivity contribution in [2.45, 2.75) is 11.3 Å². The van der Waals surface area contributed by atoms with Crippen LogP contribution in [0.3, 0.4) is 0 Å². The monoisotopic (exact) mass is 361 g/mol. The molecule has 0 aliphatic heterocycles. The van der Waals surface area contributed by atoms with Gasteiger partial charge in [-0.3, -0.25) is 9.59 Å². The van der Waals surface area contributed by atoms with Gasteiger partial charge in [-0.05, 0) is 25.1 Å². The minimum Gasteiger partial charge on any atom is -0.383 e. The lowest BCUT2D eigenvalue weighted by atomic mass is 10.2. The normalized spacial score (nSPS) is 9.83. The number of amides is 2. The van der Waals surface area contributed by atoms with Crippen LogP contribution in [0.2, 0.25) is 0 Å². The van der Waals surface area contributed by atoms with Crippen molar-refractivity contribution in [3.63, 3.8) is 0 Å². The number of rotatable bonds is 10. The Balaban J connectivity index is 0.00000484. The van der Waals surface area contributed by atoms with Crippen molar-refractivity contribution in [1.82, 2.24) is 10.6 Å². The van der Waals surface area contributed by atoms with Crippen molar-refractivity contribution >= 4 is 36.0 Å². The number of methoxy groups -OCH3 is 1. The standard InChI is InChI=1S/C15H23N3O3S.ClH/c1-21-10-9-17-14(19)11-22-13-6-3-2-5-12(13)15(20)18-8-4-7-16;/h2-3,5-6H,4,7-11,16H2,1H3,(H,17,19)(H,18,20);1H. The summed E-state index contributed by atoms with van der Waals surface area (Å²) >= 11 is 1.34. The van der Waals surface area contributed by atoms with E-state index in [1.807, 2.05) is 12.1 Å². The fourth-order valence-electron chi connectivity index (χ4n) is 1.67. The molecule has 4 N–H and O–H groups in total. The van der Waals surface area contributed by atoms with Crippen molar-refractivity contribution in [3.8, 4) is 0 Å². The SMILES string of the molecule is COCCNC(=O)CSc1ccccc1C(=O)NCCCN.Cl. The smallest absolute Gasteiger partial charge is 0.252 e. The molecule has 0 aliphatic rings. The summed E-state index contributed by atoms with van der Waals surface area (Å²) in [5, 5.41) is 5.57. The molecule has 0 aromatic heterocycles. The van der Waals surface area contributed by atoms with E-state index in [1.165, 1.54) is 11.8 Å². The molecule has 0 radical (unpaired) electrons. The van der Waals surface area contributed by atoms with Gasteiger partial charge in [0.05, 0.1) is 17.9 Å². The van der Waals surface area contributed by atoms with Crippen LogP contribution in [0, 0.1) is 0 Å². The second kappa shape index (κ2) is 13.2. The molecular formula is C15H24ClN3O3S. The Bertz CT molecular complexity index is 489. The molecule has 2 amide bonds. The third kappa shape index (κ3) is 8.80. The summed E-state index contributed by atoms with van der Waals surface area (Å²) in [6, 6.07) is 7.25. The first-order chi connectivity index (χ1) is 10.7. The summed E-state index contributed by atoms with van der Waals surface area (Å²) in [7, 11) is 1.58. The molecular weight excluding hydrogens is 338 g/mol. The highest BCUT2D eigenvalue weighted by molar-refractivity contribution is 8.00. The number of hydrogen-bond donors (Lipinski definition) is 3. The Hall–Kier alpha value is -1.28. The lowest BCUT2D eigenvalue weighted by molar-refractivity contribution is -0.118. The van der Waals surface area contributed by atoms with Crippen LogP contribution in [-0.4, -0.2) is 50.9 Å². The van der Waals surface area contributed by atoms with Crippen molar-refractivity contribution in [3.05, 3.63) is 29.8 Å². The predicted molar refractivity (Wildman–Crippen MR) is 95.3 cm³/mol. The minimum absolute atomic E-state index is 0. The molecule has 0 bridgehead atoms. The number of nitrogens with one attached hydrogen (secondary N) is 2. The highest BCUT2D eigenvalue weighted by Crippen LogP contribution is 2.22. The van der Waals surface area contributed by atoms with Crippen LogP contribution in [0.4, 0.5) is 0 Å². The summed E-state index contributed by atoms with van der Waals surface area (Å²) in [6.45, 7) is 2.05. The maximum absolute atomic E-state index is 12.1. The molecule has 1 aromatic carbocycles. The van der Waals surface area contributed by atoms with E-state index in [0.717, 1.165) is 11.3 Å². The van der Waals surface area contributed by atoms with Crippen molar-refractivity contribution < 1.29 is 14.3 Å². The van der Waals surface area contributed by atoms with Crippen molar-refractivity contribution in [2.24, 2.45) is 5.73 Å². The van der Waals surface area contributed by atoms with E-state index in [0.29, 0.717) is 31.8 Å². The quantitative estimate of drug-likeness (QED) is 0.427. The van der Waals surface area contributed by atoms with Crippen LogP contribution >= 0.6 is 24.2 Å². The molecule has 130 valence electrons. The summed E-state index contributed by atoms with van der Waals surface area (Å²) in [4.78, 5) is 24.6. The lowest BCUT2D eigenvalue weighted by Gasteiger charge is -2.10. The van der Waals surface area contributed by atoms with Crippen LogP contribution in [0.15, 0.2) is 29.2 Å². The van der Waals surface area contributed by atoms with Gasteiger partial charge in [-0.15, -0.1) is 24.2 Å². The van der Waals surface area contributed by atoms with Gasteiger partial charge in [0.1, 0.15) is 0 Å². The van der Waals surface area contributed by atoms with E-state index in [2.05, 4.69) is 10.6 Å². The zero-order chi connectivity index (χ0) is 16.2. The topological polar surface area (TPSA) is 93.4 Å². The number of hydrogen-bond acceptors (Lipinski definition) is 5. The molecule has 6 nitrogen and oxygen atoms in total. The summed E-state index contributed by atoms with van der Waals surface area (Å²) in [5.74, 6) is 0.0355. The molecule has 1 rings (SSSR count). The second-order valence-corrected chi connectivity index (χ2v) is 5.54. The van der Waals surface area contributed by atoms with E-state index in [9.17, 15) is 9.59 Å². The molecule has 0 heterocycles. The lowest BCUT2D eigenvalue weighted by Crippen LogP contribution is -2.29. The first-order valence-corrected chi connectivity index (χ1v) is 8.13. The molecule has 0 spiro atoms. The van der Waals surface area contributed by atoms with Gasteiger partial charge in [-0.1, -0.05) is 12.1 Å². The highest BCUT2D eigenvalue weighted by Gasteiger charge is 2.12. The molecule has 0 fully saturated rings. The first-order valence-electron chi connectivity index (χ1n) is 7.14. The van der Waals surface area contributed by atoms with Gasteiger partial charge in [-0.2, -0.15) is 0 Å². The van der Waals surface area contributed by atoms with Gasteiger partial charge in [-0.25, -0.2) is 0 Å². The van der Waals surface area contributed by atoms with Crippen LogP contribution in [-0.2, 0) is 9.53 Å². The third-order valence-electron chi connectivity index (χ3n) is 2.79. The molecule has 0 saturated heterocycles. The van der Waals surface area contributed by atoms with Crippen LogP contribution in [0.5, 0.6) is 0 Å². The van der Waals surface area contributed by atoms with E-state index < -0.39 is 0 Å². The molecule has 23 heavy (non-hydrogen) atoms. The van der Waals surface area contributed by atoms with Crippen molar-refractivity contribution in [1.29, 1.82) is 0 Å². The van der Waals surface area contributed by atoms with Crippen molar-refractivity contribution in [2.75, 3.05) is 39.1 Å². The number of carbonyl (C=O) groups excluding carboxylic acids is 2. The molecule has 0 unspecified atom stereocenters. The van der Waals surface area contributed by atoms with Gasteiger partial charge in [0.15, 0.2) is 0 Å². The number of thioether (sulfide) groups is 1. The van der Waals surface area contributed by atoms with E-state index in [-0.39, 0.29) is 30.0 Å². The first kappa shape index (κ1) is 21.7. The Morgan fingerprint density at radius 3 is 2.65 bits per heavy atom. The highest BCUT2D eigenvalue weighted by atomic mass is 35.5. The fraction of sp³-hybridized carbons (Fsp3) is 0.467. The van der Waals surface area contributed by atoms with Gasteiger partial charge < -0.3 is 21.1 Å². The third-order valence-corrected chi connectivity index (χ3v) is 3.86. The second-order valence-electron chi connectivity index (χ2n) is 4.53. The molecule has 1 aromatic rings. The van der Waals surface area contributed by atoms with Gasteiger partial charge in [0.25, 0.3) is 5.91 Å². The number of carbonyl (C=O) groups is 2. The maximum Gasteiger partial charge on any atom is 0.252 e. The number of ether oxygens (including phenoxy) is 1. The van der Waals surface area contributed by atoms with Crippen LogP contribution < -0.4 is 16.4 Å². The van der Waals surface area contributed by atoms with E-state index in [1.54, 1.807) is 19.2 Å². The maximum atomic E-state index is 12.1. The van der Waals surface area contributed by atoms with Gasteiger partial charge >= 0.3 is 0 Å². The molecule has 8 heteroatoms. The van der Waals surface area contributed by atoms with Crippen LogP contribution in [0.25, 0.3) is 0 Å². The Kier molecular flexibility index (Phi) is 12.5. The molecule has 0 aliphatic carbocycles. The minimum atomic E-state index is -0.142. The zero-order valence-electron chi connectivity index (χ0n) is 13.2. The predicted octanol–water partition coefficient (Wildman–Crippen LogP) is 1.04. The largest absolute Gasteiger partial charge is 0.383 e. The molecule has 0 atom stereocenters. The Morgan fingerprint density at radius 2 is 1.96 bits per heavy atom. The number of benzene rings is 1. The number of nitrogens with two attached hydrogens (primary N) is 1. The zero-order valence-corrected chi connectivity index (χ0v) is 14.8. The summed E-state index contributed by atoms with van der Waals surface area (Å²) < 4.78 is 4.87. The van der Waals surface area contributed by atoms with E-state index >= 15 is 0 Å². The van der Waals surface area contributed by atoms with E-state index in [4.69, 9.17) is 10.5 Å². The Labute approximate surface area is 147 Å². The van der Waals surface area contributed by atoms with Gasteiger partial charge in [0.2, 0.25) is 5.91 Å². The average molecular weight is 362 g/mol. The van der Waals surface area contributed by atoms with Gasteiger partial charge in [0, 0.05) is 25.1 Å². The summed E-state index contributed by atoms with van der Waals surface area (Å²) in [5.41, 5.74) is 5.98. The fourth-order valence-corrected chi connectivity index (χ4v) is 2.55. The summed E-state index contributed by atoms with van der Waals surface area (Å²) in [6.07, 6.45) is 0.739.